The zero-order valence-electron chi connectivity index (χ0n) is 17.8. The number of rotatable bonds is 5. The molecule has 0 aromatic rings. The van der Waals surface area contributed by atoms with E-state index in [4.69, 9.17) is 0 Å². The van der Waals surface area contributed by atoms with E-state index < -0.39 is 16.1 Å². The van der Waals surface area contributed by atoms with E-state index in [1.54, 1.807) is 0 Å². The lowest BCUT2D eigenvalue weighted by atomic mass is 10.2. The van der Waals surface area contributed by atoms with Gasteiger partial charge in [-0.05, 0) is 53.7 Å². The Bertz CT molecular complexity index is 439. The third-order valence-corrected chi connectivity index (χ3v) is 29.6. The normalized spacial score (nSPS) is 25.0. The molecule has 2 rings (SSSR count). The molecule has 0 unspecified atom stereocenters. The molecule has 25 heavy (non-hydrogen) atoms. The first-order chi connectivity index (χ1) is 11.4. The van der Waals surface area contributed by atoms with Crippen molar-refractivity contribution in [3.05, 3.63) is 0 Å². The van der Waals surface area contributed by atoms with Crippen molar-refractivity contribution in [2.24, 2.45) is 0 Å². The molecule has 0 atom stereocenters. The number of hydrogen-bond donors (Lipinski definition) is 0. The van der Waals surface area contributed by atoms with Gasteiger partial charge >= 0.3 is 0 Å². The molecule has 0 radical (unpaired) electrons. The van der Waals surface area contributed by atoms with Crippen LogP contribution in [-0.4, -0.2) is 46.6 Å². The van der Waals surface area contributed by atoms with Crippen LogP contribution in [0.15, 0.2) is 0 Å². The zero-order chi connectivity index (χ0) is 19.0. The molecule has 0 saturated carbocycles. The van der Waals surface area contributed by atoms with Crippen LogP contribution in [0.5, 0.6) is 0 Å². The van der Waals surface area contributed by atoms with Crippen molar-refractivity contribution in [1.29, 1.82) is 0 Å². The Morgan fingerprint density at radius 1 is 0.680 bits per heavy atom. The molecule has 0 bridgehead atoms. The molecule has 148 valence electrons. The average Bonchev–Trinajstić information content (AvgIpc) is 2.52. The molecule has 0 aromatic heterocycles. The highest BCUT2D eigenvalue weighted by Gasteiger charge is 2.56. The van der Waals surface area contributed by atoms with E-state index in [0.29, 0.717) is 12.4 Å². The minimum atomic E-state index is -1.41. The van der Waals surface area contributed by atoms with Crippen molar-refractivity contribution in [3.8, 4) is 0 Å². The van der Waals surface area contributed by atoms with E-state index in [1.807, 2.05) is 0 Å². The Morgan fingerprint density at radius 2 is 1.04 bits per heavy atom. The van der Waals surface area contributed by atoms with E-state index in [1.165, 1.54) is 48.7 Å². The lowest BCUT2D eigenvalue weighted by Gasteiger charge is -2.55. The molecular weight excluding hydrogens is 413 g/mol. The highest BCUT2D eigenvalue weighted by Crippen LogP contribution is 2.61. The first-order valence-electron chi connectivity index (χ1n) is 9.93. The van der Waals surface area contributed by atoms with Gasteiger partial charge in [-0.1, -0.05) is 53.5 Å². The molecule has 2 aliphatic rings. The Hall–Kier alpha value is 1.83. The first-order valence-corrected chi connectivity index (χ1v) is 20.4. The summed E-state index contributed by atoms with van der Waals surface area (Å²) >= 11 is 9.42. The maximum atomic E-state index is 2.70. The van der Waals surface area contributed by atoms with Crippen molar-refractivity contribution in [2.75, 3.05) is 23.0 Å². The van der Waals surface area contributed by atoms with Crippen LogP contribution in [0, 0.1) is 0 Å². The molecule has 0 aromatic carbocycles. The Labute approximate surface area is 177 Å². The van der Waals surface area contributed by atoms with Crippen molar-refractivity contribution in [2.45, 2.75) is 91.6 Å². The van der Waals surface area contributed by atoms with Crippen molar-refractivity contribution in [1.82, 2.24) is 0 Å². The van der Waals surface area contributed by atoms with Crippen LogP contribution in [-0.2, 0) is 0 Å². The van der Waals surface area contributed by atoms with Gasteiger partial charge in [0.05, 0.1) is 23.6 Å². The SMILES string of the molecule is CC(C)(C)[Si](C)(C)C1(CCC2([Si](C)(C)C)SCCCS2)SCCCS1. The second-order valence-corrected chi connectivity index (χ2v) is 28.7. The van der Waals surface area contributed by atoms with Gasteiger partial charge in [-0.25, -0.2) is 0 Å². The van der Waals surface area contributed by atoms with Gasteiger partial charge in [0, 0.05) is 0 Å². The topological polar surface area (TPSA) is 0 Å². The van der Waals surface area contributed by atoms with Crippen LogP contribution in [0.4, 0.5) is 0 Å². The van der Waals surface area contributed by atoms with Crippen LogP contribution >= 0.6 is 47.0 Å². The van der Waals surface area contributed by atoms with Crippen LogP contribution in [0.2, 0.25) is 37.8 Å². The largest absolute Gasteiger partial charge is 0.148 e. The molecule has 0 amide bonds. The lowest BCUT2D eigenvalue weighted by Crippen LogP contribution is -2.58. The lowest BCUT2D eigenvalue weighted by molar-refractivity contribution is 0.673. The Balaban J connectivity index is 2.28. The van der Waals surface area contributed by atoms with Crippen LogP contribution < -0.4 is 0 Å². The van der Waals surface area contributed by atoms with Crippen LogP contribution in [0.25, 0.3) is 0 Å². The quantitative estimate of drug-likeness (QED) is 0.389. The first kappa shape index (κ1) is 23.1. The maximum absolute atomic E-state index is 2.70. The van der Waals surface area contributed by atoms with Crippen molar-refractivity contribution < 1.29 is 0 Å². The predicted octanol–water partition coefficient (Wildman–Crippen LogP) is 7.82. The fourth-order valence-electron chi connectivity index (χ4n) is 3.82. The van der Waals surface area contributed by atoms with Crippen molar-refractivity contribution >= 4 is 63.2 Å². The standard InChI is InChI=1S/C19H40S4Si2/c1-17(2,3)25(7,8)19(22-15-10-16-23-19)12-11-18(24(4,5)6)20-13-9-14-21-18/h9-16H2,1-8H3. The molecular formula is C19H40S4Si2. The smallest absolute Gasteiger partial charge is 0.0835 e. The van der Waals surface area contributed by atoms with Gasteiger partial charge < -0.3 is 0 Å². The average molecular weight is 453 g/mol. The van der Waals surface area contributed by atoms with Crippen LogP contribution in [0.3, 0.4) is 0 Å². The molecule has 2 heterocycles. The van der Waals surface area contributed by atoms with Gasteiger partial charge in [0.2, 0.25) is 0 Å². The summed E-state index contributed by atoms with van der Waals surface area (Å²) in [5.41, 5.74) is 0. The van der Waals surface area contributed by atoms with E-state index in [-0.39, 0.29) is 0 Å². The highest BCUT2D eigenvalue weighted by molar-refractivity contribution is 8.22. The summed E-state index contributed by atoms with van der Waals surface area (Å²) in [4.78, 5) is 0. The summed E-state index contributed by atoms with van der Waals surface area (Å²) < 4.78 is 1.08. The molecule has 0 nitrogen and oxygen atoms in total. The second-order valence-electron chi connectivity index (χ2n) is 10.2. The third-order valence-electron chi connectivity index (χ3n) is 6.67. The zero-order valence-corrected chi connectivity index (χ0v) is 23.1. The van der Waals surface area contributed by atoms with E-state index in [9.17, 15) is 0 Å². The third kappa shape index (κ3) is 4.71. The molecule has 2 fully saturated rings. The summed E-state index contributed by atoms with van der Waals surface area (Å²) in [5.74, 6) is 5.56. The summed E-state index contributed by atoms with van der Waals surface area (Å²) in [6.07, 6.45) is 5.72. The van der Waals surface area contributed by atoms with Gasteiger partial charge in [-0.2, -0.15) is 0 Å². The number of hydrogen-bond acceptors (Lipinski definition) is 4. The highest BCUT2D eigenvalue weighted by atomic mass is 32.2. The van der Waals surface area contributed by atoms with E-state index in [2.05, 4.69) is 101 Å². The van der Waals surface area contributed by atoms with Gasteiger partial charge in [-0.15, -0.1) is 47.0 Å². The van der Waals surface area contributed by atoms with Gasteiger partial charge in [0.15, 0.2) is 0 Å². The maximum Gasteiger partial charge on any atom is 0.0835 e. The van der Waals surface area contributed by atoms with E-state index in [0.717, 1.165) is 0 Å². The molecule has 0 N–H and O–H groups in total. The van der Waals surface area contributed by atoms with Gasteiger partial charge in [0.1, 0.15) is 0 Å². The summed E-state index contributed by atoms with van der Waals surface area (Å²) in [6.45, 7) is 20.8. The summed E-state index contributed by atoms with van der Waals surface area (Å²) in [7, 11) is -2.61. The molecule has 2 saturated heterocycles. The second kappa shape index (κ2) is 8.29. The molecule has 0 aliphatic carbocycles. The minimum Gasteiger partial charge on any atom is -0.148 e. The summed E-state index contributed by atoms with van der Waals surface area (Å²) in [5, 5.41) is 0.476. The summed E-state index contributed by atoms with van der Waals surface area (Å²) in [6, 6.07) is 0. The molecule has 2 aliphatic heterocycles. The fourth-order valence-corrected chi connectivity index (χ4v) is 21.5. The van der Waals surface area contributed by atoms with Crippen LogP contribution in [0.1, 0.15) is 46.5 Å². The van der Waals surface area contributed by atoms with Crippen molar-refractivity contribution in [3.63, 3.8) is 0 Å². The van der Waals surface area contributed by atoms with Gasteiger partial charge in [-0.3, -0.25) is 0 Å². The van der Waals surface area contributed by atoms with E-state index >= 15 is 0 Å². The molecule has 6 heteroatoms. The Morgan fingerprint density at radius 3 is 1.40 bits per heavy atom. The predicted molar refractivity (Wildman–Crippen MR) is 134 cm³/mol. The minimum absolute atomic E-state index is 0.476. The fraction of sp³-hybridized carbons (Fsp3) is 1.00. The monoisotopic (exact) mass is 452 g/mol. The van der Waals surface area contributed by atoms with Gasteiger partial charge in [0.25, 0.3) is 0 Å². The molecule has 0 spiro atoms. The Kier molecular flexibility index (Phi) is 7.67. The number of thioether (sulfide) groups is 4.